The van der Waals surface area contributed by atoms with Crippen molar-refractivity contribution in [1.82, 2.24) is 10.9 Å². The molecule has 2 aromatic rings. The van der Waals surface area contributed by atoms with Gasteiger partial charge in [-0.2, -0.15) is 0 Å². The predicted octanol–water partition coefficient (Wildman–Crippen LogP) is 1.83. The summed E-state index contributed by atoms with van der Waals surface area (Å²) in [5, 5.41) is 2.55. The second-order valence-corrected chi connectivity index (χ2v) is 6.90. The van der Waals surface area contributed by atoms with E-state index >= 15 is 0 Å². The number of nitrogens with one attached hydrogen (secondary N) is 2. The van der Waals surface area contributed by atoms with Crippen molar-refractivity contribution in [2.45, 2.75) is 19.9 Å². The van der Waals surface area contributed by atoms with Crippen molar-refractivity contribution in [3.8, 4) is 5.75 Å². The molecule has 0 fully saturated rings. The van der Waals surface area contributed by atoms with Crippen LogP contribution in [0.4, 0.5) is 0 Å². The Kier molecular flexibility index (Phi) is 8.10. The number of carbonyl (C=O) groups is 2. The van der Waals surface area contributed by atoms with E-state index < -0.39 is 5.91 Å². The molecule has 7 heteroatoms. The van der Waals surface area contributed by atoms with Gasteiger partial charge in [-0.15, -0.1) is 0 Å². The minimum atomic E-state index is -0.443. The first kappa shape index (κ1) is 20.7. The summed E-state index contributed by atoms with van der Waals surface area (Å²) in [6, 6.07) is 16.9. The molecule has 0 aliphatic carbocycles. The number of rotatable bonds is 8. The Morgan fingerprint density at radius 3 is 2.26 bits per heavy atom. The monoisotopic (exact) mass is 390 g/mol. The zero-order chi connectivity index (χ0) is 19.6. The third kappa shape index (κ3) is 7.29. The van der Waals surface area contributed by atoms with E-state index in [4.69, 9.17) is 16.3 Å². The highest BCUT2D eigenvalue weighted by atomic mass is 35.5. The van der Waals surface area contributed by atoms with Gasteiger partial charge in [-0.3, -0.25) is 20.4 Å². The van der Waals surface area contributed by atoms with E-state index in [1.807, 2.05) is 23.5 Å². The summed E-state index contributed by atoms with van der Waals surface area (Å²) < 4.78 is 5.31. The fraction of sp³-hybridized carbons (Fsp3) is 0.300. The molecule has 0 aliphatic rings. The fourth-order valence-electron chi connectivity index (χ4n) is 2.61. The first-order chi connectivity index (χ1) is 13.0. The maximum absolute atomic E-state index is 12.0. The SMILES string of the molecule is CC(C)[C@H]([NH2+]CC(=O)NNC(=O)COc1ccc(Cl)cc1)c1ccccc1. The van der Waals surface area contributed by atoms with Gasteiger partial charge in [0.2, 0.25) is 0 Å². The lowest BCUT2D eigenvalue weighted by molar-refractivity contribution is -0.692. The summed E-state index contributed by atoms with van der Waals surface area (Å²) in [6.45, 7) is 4.23. The molecule has 0 radical (unpaired) electrons. The highest BCUT2D eigenvalue weighted by molar-refractivity contribution is 6.30. The second-order valence-electron chi connectivity index (χ2n) is 6.46. The molecular formula is C20H25ClN3O3+. The number of amides is 2. The van der Waals surface area contributed by atoms with Crippen molar-refractivity contribution in [1.29, 1.82) is 0 Å². The average Bonchev–Trinajstić information content (AvgIpc) is 2.66. The van der Waals surface area contributed by atoms with Gasteiger partial charge >= 0.3 is 0 Å². The summed E-state index contributed by atoms with van der Waals surface area (Å²) in [5.41, 5.74) is 5.92. The van der Waals surface area contributed by atoms with Crippen molar-refractivity contribution in [3.05, 3.63) is 65.2 Å². The van der Waals surface area contributed by atoms with E-state index in [1.54, 1.807) is 24.3 Å². The molecule has 2 rings (SSSR count). The summed E-state index contributed by atoms with van der Waals surface area (Å²) >= 11 is 5.78. The lowest BCUT2D eigenvalue weighted by atomic mass is 9.96. The molecule has 4 N–H and O–H groups in total. The van der Waals surface area contributed by atoms with Crippen LogP contribution in [0.25, 0.3) is 0 Å². The number of halogens is 1. The van der Waals surface area contributed by atoms with Crippen LogP contribution in [0.15, 0.2) is 54.6 Å². The van der Waals surface area contributed by atoms with Gasteiger partial charge in [0.15, 0.2) is 13.2 Å². The summed E-state index contributed by atoms with van der Waals surface area (Å²) in [6.07, 6.45) is 0. The molecule has 2 amide bonds. The largest absolute Gasteiger partial charge is 0.484 e. The van der Waals surface area contributed by atoms with Crippen molar-refractivity contribution in [3.63, 3.8) is 0 Å². The van der Waals surface area contributed by atoms with Crippen LogP contribution < -0.4 is 20.9 Å². The maximum atomic E-state index is 12.0. The minimum absolute atomic E-state index is 0.167. The van der Waals surface area contributed by atoms with E-state index in [0.717, 1.165) is 0 Å². The summed E-state index contributed by atoms with van der Waals surface area (Å²) in [4.78, 5) is 23.8. The van der Waals surface area contributed by atoms with Gasteiger partial charge in [0, 0.05) is 16.5 Å². The number of hydrogen-bond donors (Lipinski definition) is 3. The normalized spacial score (nSPS) is 11.7. The Labute approximate surface area is 164 Å². The maximum Gasteiger partial charge on any atom is 0.293 e. The van der Waals surface area contributed by atoms with Crippen molar-refractivity contribution < 1.29 is 19.6 Å². The van der Waals surface area contributed by atoms with Crippen LogP contribution >= 0.6 is 11.6 Å². The average molecular weight is 391 g/mol. The van der Waals surface area contributed by atoms with Crippen LogP contribution in [0.3, 0.4) is 0 Å². The zero-order valence-electron chi connectivity index (χ0n) is 15.4. The smallest absolute Gasteiger partial charge is 0.293 e. The molecule has 0 unspecified atom stereocenters. The topological polar surface area (TPSA) is 84.0 Å². The van der Waals surface area contributed by atoms with E-state index in [2.05, 4.69) is 36.8 Å². The molecular weight excluding hydrogens is 366 g/mol. The number of carbonyl (C=O) groups excluding carboxylic acids is 2. The van der Waals surface area contributed by atoms with Crippen LogP contribution in [-0.2, 0) is 9.59 Å². The molecule has 6 nitrogen and oxygen atoms in total. The van der Waals surface area contributed by atoms with Crippen molar-refractivity contribution in [2.24, 2.45) is 5.92 Å². The third-order valence-corrected chi connectivity index (χ3v) is 4.24. The van der Waals surface area contributed by atoms with Crippen LogP contribution in [0.1, 0.15) is 25.5 Å². The summed E-state index contributed by atoms with van der Waals surface area (Å²) in [5.74, 6) is 0.164. The highest BCUT2D eigenvalue weighted by Gasteiger charge is 2.20. The lowest BCUT2D eigenvalue weighted by Gasteiger charge is -2.19. The molecule has 1 atom stereocenters. The van der Waals surface area contributed by atoms with Crippen molar-refractivity contribution >= 4 is 23.4 Å². The van der Waals surface area contributed by atoms with Gasteiger partial charge in [0.25, 0.3) is 11.8 Å². The molecule has 0 saturated heterocycles. The van der Waals surface area contributed by atoms with Crippen LogP contribution in [0.5, 0.6) is 5.75 Å². The number of nitrogens with two attached hydrogens (primary N) is 1. The molecule has 0 spiro atoms. The number of hydrogen-bond acceptors (Lipinski definition) is 3. The Morgan fingerprint density at radius 1 is 1.00 bits per heavy atom. The van der Waals surface area contributed by atoms with E-state index in [9.17, 15) is 9.59 Å². The van der Waals surface area contributed by atoms with Crippen molar-refractivity contribution in [2.75, 3.05) is 13.2 Å². The Hall–Kier alpha value is -2.57. The third-order valence-electron chi connectivity index (χ3n) is 3.98. The fourth-order valence-corrected chi connectivity index (χ4v) is 2.73. The van der Waals surface area contributed by atoms with E-state index in [-0.39, 0.29) is 25.1 Å². The molecule has 27 heavy (non-hydrogen) atoms. The molecule has 0 aliphatic heterocycles. The van der Waals surface area contributed by atoms with Gasteiger partial charge in [0.05, 0.1) is 0 Å². The van der Waals surface area contributed by atoms with Gasteiger partial charge in [-0.05, 0) is 24.3 Å². The Morgan fingerprint density at radius 2 is 1.63 bits per heavy atom. The first-order valence-corrected chi connectivity index (χ1v) is 9.18. The Balaban J connectivity index is 1.71. The molecule has 0 saturated carbocycles. The quantitative estimate of drug-likeness (QED) is 0.601. The lowest BCUT2D eigenvalue weighted by Crippen LogP contribution is -2.88. The molecule has 144 valence electrons. The number of benzene rings is 2. The van der Waals surface area contributed by atoms with Gasteiger partial charge in [-0.25, -0.2) is 0 Å². The van der Waals surface area contributed by atoms with Crippen LogP contribution in [0, 0.1) is 5.92 Å². The number of quaternary nitrogens is 1. The highest BCUT2D eigenvalue weighted by Crippen LogP contribution is 2.17. The molecule has 0 heterocycles. The van der Waals surface area contributed by atoms with Gasteiger partial charge in [-0.1, -0.05) is 55.8 Å². The molecule has 2 aromatic carbocycles. The Bertz CT molecular complexity index is 736. The zero-order valence-corrected chi connectivity index (χ0v) is 16.2. The second kappa shape index (κ2) is 10.5. The standard InChI is InChI=1S/C20H24ClN3O3/c1-14(2)20(15-6-4-3-5-7-15)22-12-18(25)23-24-19(26)13-27-17-10-8-16(21)9-11-17/h3-11,14,20,22H,12-13H2,1-2H3,(H,23,25)(H,24,26)/p+1/t20-/m0/s1. The predicted molar refractivity (Wildman–Crippen MR) is 104 cm³/mol. The van der Waals surface area contributed by atoms with Gasteiger partial charge < -0.3 is 10.1 Å². The van der Waals surface area contributed by atoms with Crippen LogP contribution in [-0.4, -0.2) is 25.0 Å². The molecule has 0 aromatic heterocycles. The first-order valence-electron chi connectivity index (χ1n) is 8.80. The number of ether oxygens (including phenoxy) is 1. The van der Waals surface area contributed by atoms with E-state index in [1.165, 1.54) is 5.56 Å². The van der Waals surface area contributed by atoms with E-state index in [0.29, 0.717) is 16.7 Å². The minimum Gasteiger partial charge on any atom is -0.484 e. The molecule has 0 bridgehead atoms. The van der Waals surface area contributed by atoms with Crippen LogP contribution in [0.2, 0.25) is 5.02 Å². The van der Waals surface area contributed by atoms with Gasteiger partial charge in [0.1, 0.15) is 11.8 Å². The number of hydrazine groups is 1. The summed E-state index contributed by atoms with van der Waals surface area (Å²) in [7, 11) is 0.